The lowest BCUT2D eigenvalue weighted by Gasteiger charge is -2.25. The van der Waals surface area contributed by atoms with E-state index in [2.05, 4.69) is 5.32 Å². The highest BCUT2D eigenvalue weighted by molar-refractivity contribution is 8.00. The normalized spacial score (nSPS) is 16.8. The Kier molecular flexibility index (Phi) is 6.55. The Balaban J connectivity index is 1.58. The van der Waals surface area contributed by atoms with Gasteiger partial charge < -0.3 is 5.32 Å². The van der Waals surface area contributed by atoms with Gasteiger partial charge in [0.15, 0.2) is 0 Å². The minimum absolute atomic E-state index is 0.0379. The summed E-state index contributed by atoms with van der Waals surface area (Å²) in [6.45, 7) is 1.96. The molecule has 32 heavy (non-hydrogen) atoms. The molecule has 1 aliphatic heterocycles. The molecule has 7 heteroatoms. The molecule has 0 radical (unpaired) electrons. The summed E-state index contributed by atoms with van der Waals surface area (Å²) >= 11 is 1.36. The van der Waals surface area contributed by atoms with Gasteiger partial charge >= 0.3 is 0 Å². The zero-order valence-corrected chi connectivity index (χ0v) is 18.2. The van der Waals surface area contributed by atoms with Crippen molar-refractivity contribution in [2.24, 2.45) is 0 Å². The minimum atomic E-state index is -0.788. The molecule has 0 aromatic heterocycles. The second-order valence-corrected chi connectivity index (χ2v) is 8.58. The molecular weight excluding hydrogens is 430 g/mol. The van der Waals surface area contributed by atoms with Gasteiger partial charge in [-0.2, -0.15) is 0 Å². The molecule has 0 aliphatic carbocycles. The van der Waals surface area contributed by atoms with Gasteiger partial charge in [0, 0.05) is 11.8 Å². The van der Waals surface area contributed by atoms with Crippen molar-refractivity contribution < 1.29 is 18.4 Å². The van der Waals surface area contributed by atoms with E-state index in [0.29, 0.717) is 12.1 Å². The predicted molar refractivity (Wildman–Crippen MR) is 124 cm³/mol. The number of hydrogen-bond donors (Lipinski definition) is 1. The molecule has 0 spiro atoms. The first-order valence-electron chi connectivity index (χ1n) is 10.3. The van der Waals surface area contributed by atoms with E-state index in [1.165, 1.54) is 22.7 Å². The van der Waals surface area contributed by atoms with E-state index in [0.717, 1.165) is 23.3 Å². The smallest absolute Gasteiger partial charge is 0.238 e. The van der Waals surface area contributed by atoms with Gasteiger partial charge in [0.2, 0.25) is 11.8 Å². The highest BCUT2D eigenvalue weighted by Gasteiger charge is 2.35. The Labute approximate surface area is 189 Å². The highest BCUT2D eigenvalue weighted by Crippen LogP contribution is 2.43. The molecule has 0 saturated carbocycles. The molecule has 4 rings (SSSR count). The molecular formula is C25H22F2N2O2S. The Morgan fingerprint density at radius 1 is 1.09 bits per heavy atom. The van der Waals surface area contributed by atoms with Crippen LogP contribution in [0.5, 0.6) is 0 Å². The van der Waals surface area contributed by atoms with Crippen LogP contribution in [0.2, 0.25) is 0 Å². The maximum atomic E-state index is 14.4. The van der Waals surface area contributed by atoms with E-state index in [-0.39, 0.29) is 29.2 Å². The van der Waals surface area contributed by atoms with Gasteiger partial charge in [0.25, 0.3) is 0 Å². The second kappa shape index (κ2) is 9.53. The Bertz CT molecular complexity index is 1140. The highest BCUT2D eigenvalue weighted by atomic mass is 32.2. The van der Waals surface area contributed by atoms with Crippen LogP contribution in [-0.4, -0.2) is 17.6 Å². The van der Waals surface area contributed by atoms with E-state index in [4.69, 9.17) is 0 Å². The van der Waals surface area contributed by atoms with E-state index >= 15 is 0 Å². The molecule has 2 atom stereocenters. The van der Waals surface area contributed by atoms with Crippen molar-refractivity contribution in [3.63, 3.8) is 0 Å². The summed E-state index contributed by atoms with van der Waals surface area (Å²) < 4.78 is 27.8. The van der Waals surface area contributed by atoms with Crippen molar-refractivity contribution in [1.29, 1.82) is 0 Å². The number of rotatable bonds is 6. The van der Waals surface area contributed by atoms with Crippen LogP contribution in [0, 0.1) is 11.6 Å². The zero-order valence-electron chi connectivity index (χ0n) is 17.4. The summed E-state index contributed by atoms with van der Waals surface area (Å²) in [6, 6.07) is 20.0. The molecule has 1 aliphatic rings. The molecule has 4 nitrogen and oxygen atoms in total. The molecule has 3 aromatic rings. The number of halogens is 2. The van der Waals surface area contributed by atoms with E-state index < -0.39 is 17.0 Å². The SMILES string of the molecule is CC[C@H](C(=O)Nc1cccc([C@@H]2SCC(=O)N2c2ccc(F)cc2F)c1)c1ccccc1. The molecule has 1 fully saturated rings. The number of carbonyl (C=O) groups excluding carboxylic acids is 2. The molecule has 2 amide bonds. The fraction of sp³-hybridized carbons (Fsp3) is 0.200. The second-order valence-electron chi connectivity index (χ2n) is 7.51. The van der Waals surface area contributed by atoms with Crippen LogP contribution in [0.1, 0.15) is 35.8 Å². The van der Waals surface area contributed by atoms with Crippen molar-refractivity contribution in [2.75, 3.05) is 16.0 Å². The Morgan fingerprint density at radius 3 is 2.59 bits per heavy atom. The molecule has 1 N–H and O–H groups in total. The van der Waals surface area contributed by atoms with E-state index in [1.807, 2.05) is 43.3 Å². The van der Waals surface area contributed by atoms with Gasteiger partial charge in [-0.3, -0.25) is 14.5 Å². The average molecular weight is 453 g/mol. The number of benzene rings is 3. The van der Waals surface area contributed by atoms with E-state index in [9.17, 15) is 18.4 Å². The fourth-order valence-electron chi connectivity index (χ4n) is 3.86. The van der Waals surface area contributed by atoms with Crippen molar-refractivity contribution in [2.45, 2.75) is 24.6 Å². The maximum Gasteiger partial charge on any atom is 0.238 e. The van der Waals surface area contributed by atoms with Crippen LogP contribution in [0.3, 0.4) is 0 Å². The van der Waals surface area contributed by atoms with Crippen LogP contribution in [0.25, 0.3) is 0 Å². The maximum absolute atomic E-state index is 14.4. The predicted octanol–water partition coefficient (Wildman–Crippen LogP) is 5.88. The average Bonchev–Trinajstić information content (AvgIpc) is 3.16. The van der Waals surface area contributed by atoms with Crippen molar-refractivity contribution in [1.82, 2.24) is 0 Å². The minimum Gasteiger partial charge on any atom is -0.326 e. The summed E-state index contributed by atoms with van der Waals surface area (Å²) in [5.41, 5.74) is 2.33. The number of nitrogens with zero attached hydrogens (tertiary/aromatic N) is 1. The van der Waals surface area contributed by atoms with E-state index in [1.54, 1.807) is 18.2 Å². The van der Waals surface area contributed by atoms with Gasteiger partial charge in [-0.15, -0.1) is 11.8 Å². The molecule has 3 aromatic carbocycles. The Hall–Kier alpha value is -3.19. The third kappa shape index (κ3) is 4.53. The zero-order chi connectivity index (χ0) is 22.7. The lowest BCUT2D eigenvalue weighted by Crippen LogP contribution is -2.28. The van der Waals surface area contributed by atoms with Gasteiger partial charge in [-0.05, 0) is 41.8 Å². The monoisotopic (exact) mass is 452 g/mol. The first-order valence-corrected chi connectivity index (χ1v) is 11.4. The van der Waals surface area contributed by atoms with Crippen LogP contribution in [-0.2, 0) is 9.59 Å². The topological polar surface area (TPSA) is 49.4 Å². The number of thioether (sulfide) groups is 1. The number of carbonyl (C=O) groups is 2. The Morgan fingerprint density at radius 2 is 1.88 bits per heavy atom. The summed E-state index contributed by atoms with van der Waals surface area (Å²) in [5.74, 6) is -1.96. The lowest BCUT2D eigenvalue weighted by atomic mass is 9.95. The van der Waals surface area contributed by atoms with Crippen LogP contribution in [0.15, 0.2) is 72.8 Å². The van der Waals surface area contributed by atoms with Crippen LogP contribution < -0.4 is 10.2 Å². The van der Waals surface area contributed by atoms with Gasteiger partial charge in [-0.25, -0.2) is 8.78 Å². The first-order chi connectivity index (χ1) is 15.5. The number of nitrogens with one attached hydrogen (secondary N) is 1. The molecule has 0 bridgehead atoms. The third-order valence-electron chi connectivity index (χ3n) is 5.40. The molecule has 1 saturated heterocycles. The largest absolute Gasteiger partial charge is 0.326 e. The standard InChI is InChI=1S/C25H22F2N2O2S/c1-2-20(16-7-4-3-5-8-16)24(31)28-19-10-6-9-17(13-19)25-29(23(30)15-32-25)22-12-11-18(26)14-21(22)27/h3-14,20,25H,2,15H2,1H3,(H,28,31)/t20-,25-/m0/s1. The van der Waals surface area contributed by atoms with Gasteiger partial charge in [0.1, 0.15) is 17.0 Å². The lowest BCUT2D eigenvalue weighted by molar-refractivity contribution is -0.118. The van der Waals surface area contributed by atoms with Crippen molar-refractivity contribution in [3.8, 4) is 0 Å². The van der Waals surface area contributed by atoms with Crippen LogP contribution in [0.4, 0.5) is 20.2 Å². The molecule has 0 unspecified atom stereocenters. The molecule has 164 valence electrons. The third-order valence-corrected chi connectivity index (χ3v) is 6.62. The molecule has 1 heterocycles. The van der Waals surface area contributed by atoms with Crippen molar-refractivity contribution >= 4 is 35.0 Å². The number of anilines is 2. The fourth-order valence-corrected chi connectivity index (χ4v) is 5.02. The summed E-state index contributed by atoms with van der Waals surface area (Å²) in [7, 11) is 0. The summed E-state index contributed by atoms with van der Waals surface area (Å²) in [6.07, 6.45) is 0.653. The van der Waals surface area contributed by atoms with Crippen LogP contribution >= 0.6 is 11.8 Å². The number of amides is 2. The van der Waals surface area contributed by atoms with Crippen molar-refractivity contribution in [3.05, 3.63) is 95.6 Å². The van der Waals surface area contributed by atoms with Gasteiger partial charge in [-0.1, -0.05) is 49.4 Å². The quantitative estimate of drug-likeness (QED) is 0.508. The summed E-state index contributed by atoms with van der Waals surface area (Å²) in [4.78, 5) is 26.8. The summed E-state index contributed by atoms with van der Waals surface area (Å²) in [5, 5.41) is 2.49. The first kappa shape index (κ1) is 22.0. The van der Waals surface area contributed by atoms with Gasteiger partial charge in [0.05, 0.1) is 17.4 Å². The number of hydrogen-bond acceptors (Lipinski definition) is 3.